The number of nitro benzene ring substituents is 1. The lowest BCUT2D eigenvalue weighted by Gasteiger charge is -2.08. The molecule has 2 aromatic carbocycles. The highest BCUT2D eigenvalue weighted by Crippen LogP contribution is 2.17. The molecule has 0 spiro atoms. The first kappa shape index (κ1) is 18.1. The number of ether oxygens (including phenoxy) is 1. The number of non-ortho nitro benzene ring substituents is 1. The topological polar surface area (TPSA) is 112 Å². The summed E-state index contributed by atoms with van der Waals surface area (Å²) in [6.07, 6.45) is 3.14. The highest BCUT2D eigenvalue weighted by molar-refractivity contribution is 5.77. The van der Waals surface area contributed by atoms with E-state index in [-0.39, 0.29) is 18.2 Å². The van der Waals surface area contributed by atoms with Gasteiger partial charge in [-0.25, -0.2) is 9.67 Å². The molecule has 0 atom stereocenters. The van der Waals surface area contributed by atoms with Crippen molar-refractivity contribution in [1.82, 2.24) is 20.1 Å². The lowest BCUT2D eigenvalue weighted by atomic mass is 10.1. The van der Waals surface area contributed by atoms with Gasteiger partial charge in [-0.1, -0.05) is 24.3 Å². The Hall–Kier alpha value is -3.75. The first-order chi connectivity index (χ1) is 13.1. The van der Waals surface area contributed by atoms with Crippen LogP contribution in [0.5, 0.6) is 5.75 Å². The summed E-state index contributed by atoms with van der Waals surface area (Å²) >= 11 is 0. The normalized spacial score (nSPS) is 10.4. The highest BCUT2D eigenvalue weighted by atomic mass is 16.6. The van der Waals surface area contributed by atoms with Gasteiger partial charge in [0.05, 0.1) is 11.5 Å². The summed E-state index contributed by atoms with van der Waals surface area (Å²) in [5, 5.41) is 17.4. The van der Waals surface area contributed by atoms with Gasteiger partial charge in [-0.3, -0.25) is 14.9 Å². The maximum Gasteiger partial charge on any atom is 0.269 e. The van der Waals surface area contributed by atoms with Crippen molar-refractivity contribution >= 4 is 11.6 Å². The first-order valence-electron chi connectivity index (χ1n) is 8.14. The van der Waals surface area contributed by atoms with Crippen LogP contribution in [0.25, 0.3) is 0 Å². The van der Waals surface area contributed by atoms with Crippen molar-refractivity contribution in [1.29, 1.82) is 0 Å². The smallest absolute Gasteiger partial charge is 0.269 e. The summed E-state index contributed by atoms with van der Waals surface area (Å²) in [6.45, 7) is 0.851. The van der Waals surface area contributed by atoms with E-state index < -0.39 is 4.92 Å². The second-order valence-electron chi connectivity index (χ2n) is 5.73. The molecule has 0 radical (unpaired) electrons. The highest BCUT2D eigenvalue weighted by Gasteiger charge is 2.07. The van der Waals surface area contributed by atoms with Crippen LogP contribution in [0, 0.1) is 10.1 Å². The van der Waals surface area contributed by atoms with E-state index in [4.69, 9.17) is 4.74 Å². The second kappa shape index (κ2) is 8.56. The maximum atomic E-state index is 11.9. The molecule has 0 aliphatic heterocycles. The van der Waals surface area contributed by atoms with E-state index in [1.54, 1.807) is 11.0 Å². The molecule has 9 nitrogen and oxygen atoms in total. The molecule has 9 heteroatoms. The lowest BCUT2D eigenvalue weighted by molar-refractivity contribution is -0.384. The summed E-state index contributed by atoms with van der Waals surface area (Å²) in [5.74, 6) is 0.119. The van der Waals surface area contributed by atoms with Crippen molar-refractivity contribution in [3.8, 4) is 5.75 Å². The molecule has 0 aliphatic rings. The number of rotatable bonds is 8. The molecule has 0 saturated carbocycles. The van der Waals surface area contributed by atoms with Gasteiger partial charge >= 0.3 is 0 Å². The van der Waals surface area contributed by atoms with Gasteiger partial charge < -0.3 is 10.1 Å². The van der Waals surface area contributed by atoms with Crippen LogP contribution in [0.3, 0.4) is 0 Å². The van der Waals surface area contributed by atoms with Crippen LogP contribution in [-0.4, -0.2) is 32.2 Å². The van der Waals surface area contributed by atoms with E-state index >= 15 is 0 Å². The fraction of sp³-hybridized carbons (Fsp3) is 0.167. The molecule has 27 heavy (non-hydrogen) atoms. The third-order valence-corrected chi connectivity index (χ3v) is 3.74. The first-order valence-corrected chi connectivity index (χ1v) is 8.14. The molecule has 0 aliphatic carbocycles. The molecule has 3 rings (SSSR count). The third kappa shape index (κ3) is 5.36. The Balaban J connectivity index is 1.42. The minimum Gasteiger partial charge on any atom is -0.484 e. The molecule has 0 unspecified atom stereocenters. The Morgan fingerprint density at radius 3 is 2.44 bits per heavy atom. The van der Waals surface area contributed by atoms with Gasteiger partial charge in [-0.2, -0.15) is 5.10 Å². The van der Waals surface area contributed by atoms with Crippen molar-refractivity contribution in [2.24, 2.45) is 0 Å². The average molecular weight is 367 g/mol. The largest absolute Gasteiger partial charge is 0.484 e. The third-order valence-electron chi connectivity index (χ3n) is 3.74. The molecule has 0 fully saturated rings. The lowest BCUT2D eigenvalue weighted by Crippen LogP contribution is -2.28. The summed E-state index contributed by atoms with van der Waals surface area (Å²) in [4.78, 5) is 25.9. The van der Waals surface area contributed by atoms with Gasteiger partial charge in [0.15, 0.2) is 6.61 Å². The Bertz CT molecular complexity index is 893. The van der Waals surface area contributed by atoms with E-state index in [2.05, 4.69) is 15.4 Å². The van der Waals surface area contributed by atoms with E-state index in [0.29, 0.717) is 18.8 Å². The number of benzene rings is 2. The van der Waals surface area contributed by atoms with Crippen molar-refractivity contribution in [2.45, 2.75) is 13.1 Å². The number of aromatic nitrogens is 3. The minimum absolute atomic E-state index is 0.0286. The Morgan fingerprint density at radius 1 is 1.11 bits per heavy atom. The standard InChI is InChI=1S/C18H17N5O4/c24-18(11-27-17-7-5-16(6-8-17)23(25)26)20-9-14-1-3-15(4-2-14)10-22-13-19-12-21-22/h1-8,12-13H,9-11H2,(H,20,24). The zero-order valence-electron chi connectivity index (χ0n) is 14.3. The van der Waals surface area contributed by atoms with Crippen LogP contribution in [-0.2, 0) is 17.9 Å². The number of amides is 1. The van der Waals surface area contributed by atoms with Crippen LogP contribution >= 0.6 is 0 Å². The number of nitrogens with one attached hydrogen (secondary N) is 1. The SMILES string of the molecule is O=C(COc1ccc([N+](=O)[O-])cc1)NCc1ccc(Cn2cncn2)cc1. The molecule has 138 valence electrons. The fourth-order valence-corrected chi connectivity index (χ4v) is 2.33. The summed E-state index contributed by atoms with van der Waals surface area (Å²) < 4.78 is 7.05. The number of nitro groups is 1. The van der Waals surface area contributed by atoms with Gasteiger partial charge in [0.1, 0.15) is 18.4 Å². The van der Waals surface area contributed by atoms with Gasteiger partial charge in [0, 0.05) is 18.7 Å². The number of nitrogens with zero attached hydrogens (tertiary/aromatic N) is 4. The Morgan fingerprint density at radius 2 is 1.81 bits per heavy atom. The molecule has 1 heterocycles. The van der Waals surface area contributed by atoms with Crippen LogP contribution < -0.4 is 10.1 Å². The monoisotopic (exact) mass is 367 g/mol. The zero-order chi connectivity index (χ0) is 19.1. The van der Waals surface area contributed by atoms with E-state index in [9.17, 15) is 14.9 Å². The van der Waals surface area contributed by atoms with Gasteiger partial charge in [-0.15, -0.1) is 0 Å². The van der Waals surface area contributed by atoms with Crippen molar-refractivity contribution < 1.29 is 14.5 Å². The number of carbonyl (C=O) groups excluding carboxylic acids is 1. The van der Waals surface area contributed by atoms with Gasteiger partial charge in [0.25, 0.3) is 11.6 Å². The minimum atomic E-state index is -0.492. The number of hydrogen-bond donors (Lipinski definition) is 1. The molecular formula is C18H17N5O4. The molecule has 0 saturated heterocycles. The summed E-state index contributed by atoms with van der Waals surface area (Å²) in [7, 11) is 0. The van der Waals surface area contributed by atoms with E-state index in [1.165, 1.54) is 30.6 Å². The summed E-state index contributed by atoms with van der Waals surface area (Å²) in [6, 6.07) is 13.4. The quantitative estimate of drug-likeness (QED) is 0.481. The van der Waals surface area contributed by atoms with Crippen LogP contribution in [0.4, 0.5) is 5.69 Å². The van der Waals surface area contributed by atoms with Crippen molar-refractivity contribution in [3.63, 3.8) is 0 Å². The van der Waals surface area contributed by atoms with Gasteiger partial charge in [-0.05, 0) is 23.3 Å². The predicted octanol–water partition coefficient (Wildman–Crippen LogP) is 1.93. The average Bonchev–Trinajstić information content (AvgIpc) is 3.19. The molecule has 1 amide bonds. The van der Waals surface area contributed by atoms with Crippen LogP contribution in [0.2, 0.25) is 0 Å². The fourth-order valence-electron chi connectivity index (χ4n) is 2.33. The molecule has 1 aromatic heterocycles. The molecule has 1 N–H and O–H groups in total. The zero-order valence-corrected chi connectivity index (χ0v) is 14.3. The molecular weight excluding hydrogens is 350 g/mol. The van der Waals surface area contributed by atoms with E-state index in [1.807, 2.05) is 24.3 Å². The van der Waals surface area contributed by atoms with Crippen LogP contribution in [0.15, 0.2) is 61.2 Å². The second-order valence-corrected chi connectivity index (χ2v) is 5.73. The number of hydrogen-bond acceptors (Lipinski definition) is 6. The van der Waals surface area contributed by atoms with E-state index in [0.717, 1.165) is 11.1 Å². The Kier molecular flexibility index (Phi) is 5.73. The van der Waals surface area contributed by atoms with Gasteiger partial charge in [0.2, 0.25) is 0 Å². The molecule has 0 bridgehead atoms. The van der Waals surface area contributed by atoms with Crippen LogP contribution in [0.1, 0.15) is 11.1 Å². The molecule has 3 aromatic rings. The van der Waals surface area contributed by atoms with Crippen molar-refractivity contribution in [2.75, 3.05) is 6.61 Å². The summed E-state index contributed by atoms with van der Waals surface area (Å²) in [5.41, 5.74) is 2.01. The predicted molar refractivity (Wildman–Crippen MR) is 96.0 cm³/mol. The van der Waals surface area contributed by atoms with Crippen molar-refractivity contribution in [3.05, 3.63) is 82.4 Å². The maximum absolute atomic E-state index is 11.9. The Labute approximate surface area is 154 Å². The number of carbonyl (C=O) groups is 1.